The third-order valence-electron chi connectivity index (χ3n) is 3.19. The Labute approximate surface area is 91.9 Å². The quantitative estimate of drug-likeness (QED) is 0.776. The van der Waals surface area contributed by atoms with E-state index >= 15 is 0 Å². The number of fused-ring (bicyclic) bond motifs is 1. The van der Waals surface area contributed by atoms with Crippen molar-refractivity contribution in [2.24, 2.45) is 5.73 Å². The first-order valence-electron chi connectivity index (χ1n) is 5.77. The molecule has 1 unspecified atom stereocenters. The molecule has 1 atom stereocenters. The van der Waals surface area contributed by atoms with Gasteiger partial charge in [-0.25, -0.2) is 0 Å². The number of nitrogens with one attached hydrogen (secondary N) is 1. The molecule has 1 heterocycles. The van der Waals surface area contributed by atoms with E-state index in [2.05, 4.69) is 31.3 Å². The van der Waals surface area contributed by atoms with Crippen LogP contribution in [0.25, 0.3) is 0 Å². The normalized spacial score (nSPS) is 19.5. The molecular formula is C13H20N2. The fourth-order valence-electron chi connectivity index (χ4n) is 2.48. The van der Waals surface area contributed by atoms with Gasteiger partial charge < -0.3 is 11.1 Å². The highest BCUT2D eigenvalue weighted by molar-refractivity contribution is 5.60. The minimum absolute atomic E-state index is 0.573. The van der Waals surface area contributed by atoms with Gasteiger partial charge in [-0.3, -0.25) is 0 Å². The zero-order valence-electron chi connectivity index (χ0n) is 9.64. The molecule has 1 aromatic carbocycles. The third kappa shape index (κ3) is 2.15. The van der Waals surface area contributed by atoms with Gasteiger partial charge in [0.05, 0.1) is 0 Å². The maximum absolute atomic E-state index is 5.60. The first-order chi connectivity index (χ1) is 7.20. The van der Waals surface area contributed by atoms with Crippen LogP contribution in [0.15, 0.2) is 12.1 Å². The summed E-state index contributed by atoms with van der Waals surface area (Å²) in [6.07, 6.45) is 3.48. The maximum atomic E-state index is 5.60. The Morgan fingerprint density at radius 1 is 1.40 bits per heavy atom. The van der Waals surface area contributed by atoms with Gasteiger partial charge in [-0.1, -0.05) is 17.7 Å². The summed E-state index contributed by atoms with van der Waals surface area (Å²) in [5.41, 5.74) is 11.2. The molecule has 0 aliphatic carbocycles. The van der Waals surface area contributed by atoms with E-state index in [0.717, 1.165) is 13.0 Å². The molecule has 1 aliphatic rings. The number of hydrogen-bond donors (Lipinski definition) is 2. The Morgan fingerprint density at radius 3 is 2.93 bits per heavy atom. The van der Waals surface area contributed by atoms with Crippen molar-refractivity contribution in [1.82, 2.24) is 0 Å². The van der Waals surface area contributed by atoms with E-state index in [4.69, 9.17) is 5.73 Å². The zero-order valence-corrected chi connectivity index (χ0v) is 9.64. The van der Waals surface area contributed by atoms with Gasteiger partial charge in [0.2, 0.25) is 0 Å². The fraction of sp³-hybridized carbons (Fsp3) is 0.538. The molecule has 15 heavy (non-hydrogen) atoms. The lowest BCUT2D eigenvalue weighted by Crippen LogP contribution is -2.28. The maximum Gasteiger partial charge on any atom is 0.0404 e. The third-order valence-corrected chi connectivity index (χ3v) is 3.19. The van der Waals surface area contributed by atoms with Crippen molar-refractivity contribution in [3.63, 3.8) is 0 Å². The zero-order chi connectivity index (χ0) is 10.8. The van der Waals surface area contributed by atoms with Crippen LogP contribution in [0.1, 0.15) is 29.5 Å². The average Bonchev–Trinajstić information content (AvgIpc) is 2.19. The number of anilines is 1. The summed E-state index contributed by atoms with van der Waals surface area (Å²) in [6, 6.07) is 5.12. The Balaban J connectivity index is 2.25. The van der Waals surface area contributed by atoms with Crippen molar-refractivity contribution >= 4 is 5.69 Å². The number of hydrogen-bond acceptors (Lipinski definition) is 2. The smallest absolute Gasteiger partial charge is 0.0404 e. The minimum Gasteiger partial charge on any atom is -0.382 e. The van der Waals surface area contributed by atoms with Crippen molar-refractivity contribution in [2.75, 3.05) is 11.9 Å². The van der Waals surface area contributed by atoms with Crippen LogP contribution in [0, 0.1) is 13.8 Å². The number of rotatable bonds is 2. The van der Waals surface area contributed by atoms with E-state index in [1.807, 2.05) is 0 Å². The average molecular weight is 204 g/mol. The van der Waals surface area contributed by atoms with Crippen molar-refractivity contribution in [3.05, 3.63) is 28.8 Å². The number of nitrogens with two attached hydrogens (primary N) is 1. The number of aryl methyl sites for hydroxylation is 3. The molecule has 0 saturated heterocycles. The van der Waals surface area contributed by atoms with Crippen LogP contribution in [-0.4, -0.2) is 12.6 Å². The molecule has 0 fully saturated rings. The Kier molecular flexibility index (Phi) is 2.96. The van der Waals surface area contributed by atoms with E-state index < -0.39 is 0 Å². The standard InChI is InChI=1S/C13H20N2/c1-9-7-10(2)13-11(8-9)3-4-12(15-13)5-6-14/h7-8,12,15H,3-6,14H2,1-2H3. The molecule has 2 nitrogen and oxygen atoms in total. The van der Waals surface area contributed by atoms with Crippen molar-refractivity contribution < 1.29 is 0 Å². The molecule has 3 N–H and O–H groups in total. The second-order valence-electron chi connectivity index (χ2n) is 4.57. The molecule has 0 saturated carbocycles. The van der Waals surface area contributed by atoms with Crippen LogP contribution in [0.2, 0.25) is 0 Å². The number of benzene rings is 1. The van der Waals surface area contributed by atoms with Crippen LogP contribution in [-0.2, 0) is 6.42 Å². The van der Waals surface area contributed by atoms with Gasteiger partial charge >= 0.3 is 0 Å². The van der Waals surface area contributed by atoms with Gasteiger partial charge in [0, 0.05) is 11.7 Å². The molecule has 2 heteroatoms. The fourth-order valence-corrected chi connectivity index (χ4v) is 2.48. The largest absolute Gasteiger partial charge is 0.382 e. The van der Waals surface area contributed by atoms with Crippen LogP contribution < -0.4 is 11.1 Å². The molecule has 82 valence electrons. The lowest BCUT2D eigenvalue weighted by molar-refractivity contribution is 0.592. The van der Waals surface area contributed by atoms with E-state index in [9.17, 15) is 0 Å². The van der Waals surface area contributed by atoms with E-state index in [1.165, 1.54) is 35.2 Å². The second-order valence-corrected chi connectivity index (χ2v) is 4.57. The predicted octanol–water partition coefficient (Wildman–Crippen LogP) is 2.38. The molecule has 0 amide bonds. The summed E-state index contributed by atoms with van der Waals surface area (Å²) in [4.78, 5) is 0. The molecule has 0 spiro atoms. The second kappa shape index (κ2) is 4.23. The van der Waals surface area contributed by atoms with E-state index in [1.54, 1.807) is 0 Å². The van der Waals surface area contributed by atoms with Crippen molar-refractivity contribution in [2.45, 2.75) is 39.2 Å². The highest BCUT2D eigenvalue weighted by Gasteiger charge is 2.18. The molecule has 2 rings (SSSR count). The van der Waals surface area contributed by atoms with Crippen molar-refractivity contribution in [1.29, 1.82) is 0 Å². The predicted molar refractivity (Wildman–Crippen MR) is 65.3 cm³/mol. The summed E-state index contributed by atoms with van der Waals surface area (Å²) in [5, 5.41) is 3.61. The lowest BCUT2D eigenvalue weighted by Gasteiger charge is -2.28. The van der Waals surface area contributed by atoms with Crippen LogP contribution >= 0.6 is 0 Å². The highest BCUT2D eigenvalue weighted by atomic mass is 14.9. The van der Waals surface area contributed by atoms with E-state index in [0.29, 0.717) is 6.04 Å². The minimum atomic E-state index is 0.573. The SMILES string of the molecule is Cc1cc(C)c2c(c1)CCC(CCN)N2. The summed E-state index contributed by atoms with van der Waals surface area (Å²) >= 11 is 0. The molecule has 1 aliphatic heterocycles. The first kappa shape index (κ1) is 10.5. The monoisotopic (exact) mass is 204 g/mol. The topological polar surface area (TPSA) is 38.0 Å². The first-order valence-corrected chi connectivity index (χ1v) is 5.77. The van der Waals surface area contributed by atoms with E-state index in [-0.39, 0.29) is 0 Å². The van der Waals surface area contributed by atoms with Gasteiger partial charge in [-0.05, 0) is 50.8 Å². The van der Waals surface area contributed by atoms with Gasteiger partial charge in [-0.2, -0.15) is 0 Å². The van der Waals surface area contributed by atoms with Gasteiger partial charge in [0.25, 0.3) is 0 Å². The lowest BCUT2D eigenvalue weighted by atomic mass is 9.92. The van der Waals surface area contributed by atoms with Crippen LogP contribution in [0.3, 0.4) is 0 Å². The van der Waals surface area contributed by atoms with Gasteiger partial charge in [-0.15, -0.1) is 0 Å². The molecular weight excluding hydrogens is 184 g/mol. The Hall–Kier alpha value is -1.02. The molecule has 1 aromatic rings. The Bertz CT molecular complexity index is 358. The summed E-state index contributed by atoms with van der Waals surface area (Å²) < 4.78 is 0. The summed E-state index contributed by atoms with van der Waals surface area (Å²) in [6.45, 7) is 5.13. The molecule has 0 aromatic heterocycles. The molecule has 0 bridgehead atoms. The van der Waals surface area contributed by atoms with Gasteiger partial charge in [0.1, 0.15) is 0 Å². The molecule has 0 radical (unpaired) electrons. The highest BCUT2D eigenvalue weighted by Crippen LogP contribution is 2.30. The summed E-state index contributed by atoms with van der Waals surface area (Å²) in [5.74, 6) is 0. The summed E-state index contributed by atoms with van der Waals surface area (Å²) in [7, 11) is 0. The van der Waals surface area contributed by atoms with Gasteiger partial charge in [0.15, 0.2) is 0 Å². The Morgan fingerprint density at radius 2 is 2.20 bits per heavy atom. The van der Waals surface area contributed by atoms with Crippen LogP contribution in [0.4, 0.5) is 5.69 Å². The van der Waals surface area contributed by atoms with Crippen molar-refractivity contribution in [3.8, 4) is 0 Å². The van der Waals surface area contributed by atoms with Crippen LogP contribution in [0.5, 0.6) is 0 Å².